The summed E-state index contributed by atoms with van der Waals surface area (Å²) in [6, 6.07) is 2.48. The van der Waals surface area contributed by atoms with Gasteiger partial charge in [0.05, 0.1) is 15.8 Å². The number of thiazole rings is 1. The number of nitrogens with zero attached hydrogens (tertiary/aromatic N) is 6. The van der Waals surface area contributed by atoms with Gasteiger partial charge in [-0.05, 0) is 50.3 Å². The minimum absolute atomic E-state index is 0.0129. The van der Waals surface area contributed by atoms with Crippen LogP contribution in [0.25, 0.3) is 32.2 Å². The van der Waals surface area contributed by atoms with Crippen molar-refractivity contribution in [3.63, 3.8) is 0 Å². The number of hydrogen-bond donors (Lipinski definition) is 1. The summed E-state index contributed by atoms with van der Waals surface area (Å²) >= 11 is 0.735. The zero-order valence-electron chi connectivity index (χ0n) is 25.6. The Bertz CT molecular complexity index is 1970. The van der Waals surface area contributed by atoms with Crippen molar-refractivity contribution >= 4 is 49.3 Å². The number of halogens is 6. The fraction of sp³-hybridized carbons (Fsp3) is 0.438. The summed E-state index contributed by atoms with van der Waals surface area (Å²) < 4.78 is 96.5. The topological polar surface area (TPSA) is 101 Å². The first kappa shape index (κ1) is 32.2. The zero-order valence-corrected chi connectivity index (χ0v) is 26.4. The van der Waals surface area contributed by atoms with E-state index in [1.165, 1.54) is 11.8 Å². The third-order valence-electron chi connectivity index (χ3n) is 9.08. The molecule has 7 rings (SSSR count). The van der Waals surface area contributed by atoms with Crippen LogP contribution in [0.3, 0.4) is 0 Å². The molecule has 3 saturated heterocycles. The van der Waals surface area contributed by atoms with E-state index in [9.17, 15) is 26.7 Å². The Morgan fingerprint density at radius 1 is 1.08 bits per heavy atom. The molecule has 2 bridgehead atoms. The molecule has 0 aliphatic carbocycles. The van der Waals surface area contributed by atoms with Gasteiger partial charge in [-0.15, -0.1) is 0 Å². The van der Waals surface area contributed by atoms with Gasteiger partial charge in [-0.2, -0.15) is 23.1 Å². The number of piperidine rings is 2. The van der Waals surface area contributed by atoms with Crippen molar-refractivity contribution in [3.05, 3.63) is 35.4 Å². The van der Waals surface area contributed by atoms with E-state index in [2.05, 4.69) is 26.8 Å². The Morgan fingerprint density at radius 3 is 2.56 bits per heavy atom. The number of nitrogens with two attached hydrogens (primary N) is 1. The molecule has 3 fully saturated rings. The van der Waals surface area contributed by atoms with Crippen molar-refractivity contribution in [2.24, 2.45) is 5.92 Å². The second-order valence-electron chi connectivity index (χ2n) is 12.1. The van der Waals surface area contributed by atoms with E-state index >= 15 is 4.39 Å². The molecule has 4 aromatic rings. The van der Waals surface area contributed by atoms with Gasteiger partial charge < -0.3 is 20.3 Å². The van der Waals surface area contributed by atoms with Crippen LogP contribution in [-0.2, 0) is 11.0 Å². The molecule has 16 heteroatoms. The fourth-order valence-electron chi connectivity index (χ4n) is 6.96. The van der Waals surface area contributed by atoms with Crippen molar-refractivity contribution in [3.8, 4) is 29.0 Å². The molecule has 3 aliphatic rings. The zero-order chi connectivity index (χ0) is 33.9. The molecule has 5 heterocycles. The number of fused-ring (bicyclic) bond motifs is 4. The molecule has 2 aromatic carbocycles. The number of aromatic nitrogens is 3. The molecule has 48 heavy (non-hydrogen) atoms. The standard InChI is InChI=1S/C32H29F6N7O2S/c1-2-4-22(46)43-9-11-44(12-10-43)28-19-14-20(32(36,37)38)23(18-6-7-21(34)27-26(18)40-30(39)48-27)24(35)25(19)41-31(42-28)47-29-16-5-3-8-45(29)15-17(33)13-16/h6-7,14,16-17,29H,3,5,8-13,15H2,1H3,(H2,39,40)/t16-,17+,29?/m0/s1. The monoisotopic (exact) mass is 689 g/mol. The lowest BCUT2D eigenvalue weighted by molar-refractivity contribution is -0.137. The van der Waals surface area contributed by atoms with Crippen LogP contribution in [0.2, 0.25) is 0 Å². The van der Waals surface area contributed by atoms with Gasteiger partial charge in [-0.3, -0.25) is 9.69 Å². The normalized spacial score (nSPS) is 22.9. The summed E-state index contributed by atoms with van der Waals surface area (Å²) in [6.45, 7) is 2.95. The molecule has 1 amide bonds. The maximum absolute atomic E-state index is 16.9. The minimum Gasteiger partial charge on any atom is -0.444 e. The van der Waals surface area contributed by atoms with Crippen LogP contribution in [0.15, 0.2) is 18.2 Å². The number of piperazine rings is 1. The third kappa shape index (κ3) is 5.72. The third-order valence-corrected chi connectivity index (χ3v) is 9.97. The first-order chi connectivity index (χ1) is 22.9. The molecular weight excluding hydrogens is 660 g/mol. The number of alkyl halides is 4. The molecule has 252 valence electrons. The molecule has 2 N–H and O–H groups in total. The maximum atomic E-state index is 16.9. The summed E-state index contributed by atoms with van der Waals surface area (Å²) in [5.41, 5.74) is 2.61. The smallest absolute Gasteiger partial charge is 0.417 e. The Hall–Kier alpha value is -4.36. The van der Waals surface area contributed by atoms with Crippen LogP contribution in [0.1, 0.15) is 31.7 Å². The average molecular weight is 690 g/mol. The lowest BCUT2D eigenvalue weighted by Crippen LogP contribution is -2.55. The van der Waals surface area contributed by atoms with E-state index in [0.29, 0.717) is 13.0 Å². The molecule has 2 unspecified atom stereocenters. The van der Waals surface area contributed by atoms with E-state index in [1.54, 1.807) is 4.90 Å². The van der Waals surface area contributed by atoms with Crippen LogP contribution in [0.5, 0.6) is 6.01 Å². The quantitative estimate of drug-likeness (QED) is 0.218. The molecule has 0 radical (unpaired) electrons. The number of amides is 1. The van der Waals surface area contributed by atoms with E-state index in [-0.39, 0.29) is 89.1 Å². The van der Waals surface area contributed by atoms with E-state index in [1.807, 2.05) is 4.90 Å². The van der Waals surface area contributed by atoms with Gasteiger partial charge in [0.15, 0.2) is 17.2 Å². The van der Waals surface area contributed by atoms with Crippen molar-refractivity contribution in [1.82, 2.24) is 24.8 Å². The summed E-state index contributed by atoms with van der Waals surface area (Å²) in [5, 5.41) is -0.328. The summed E-state index contributed by atoms with van der Waals surface area (Å²) in [5.74, 6) is 2.37. The predicted octanol–water partition coefficient (Wildman–Crippen LogP) is 5.62. The van der Waals surface area contributed by atoms with Crippen molar-refractivity contribution < 1.29 is 35.9 Å². The Kier molecular flexibility index (Phi) is 8.23. The van der Waals surface area contributed by atoms with Gasteiger partial charge in [-0.1, -0.05) is 17.3 Å². The highest BCUT2D eigenvalue weighted by Crippen LogP contribution is 2.46. The summed E-state index contributed by atoms with van der Waals surface area (Å²) in [4.78, 5) is 30.3. The Morgan fingerprint density at radius 2 is 1.85 bits per heavy atom. The first-order valence-electron chi connectivity index (χ1n) is 15.4. The predicted molar refractivity (Wildman–Crippen MR) is 168 cm³/mol. The summed E-state index contributed by atoms with van der Waals surface area (Å²) in [6.07, 6.45) is -4.89. The molecule has 4 atom stereocenters. The lowest BCUT2D eigenvalue weighted by atomic mass is 9.86. The van der Waals surface area contributed by atoms with Gasteiger partial charge in [0.2, 0.25) is 0 Å². The van der Waals surface area contributed by atoms with Crippen LogP contribution >= 0.6 is 11.3 Å². The number of hydrogen-bond acceptors (Lipinski definition) is 9. The number of anilines is 2. The molecule has 9 nitrogen and oxygen atoms in total. The van der Waals surface area contributed by atoms with E-state index in [0.717, 1.165) is 36.0 Å². The molecule has 0 spiro atoms. The highest BCUT2D eigenvalue weighted by atomic mass is 32.1. The van der Waals surface area contributed by atoms with Crippen LogP contribution < -0.4 is 15.4 Å². The van der Waals surface area contributed by atoms with Crippen LogP contribution in [-0.4, -0.2) is 82.3 Å². The minimum atomic E-state index is -5.06. The Labute approximate surface area is 274 Å². The highest BCUT2D eigenvalue weighted by molar-refractivity contribution is 7.22. The summed E-state index contributed by atoms with van der Waals surface area (Å²) in [7, 11) is 0. The van der Waals surface area contributed by atoms with Gasteiger partial charge in [-0.25, -0.2) is 18.2 Å². The number of nitrogen functional groups attached to an aromatic ring is 1. The maximum Gasteiger partial charge on any atom is 0.417 e. The number of rotatable bonds is 4. The first-order valence-corrected chi connectivity index (χ1v) is 16.2. The van der Waals surface area contributed by atoms with Crippen molar-refractivity contribution in [2.45, 2.75) is 44.8 Å². The average Bonchev–Trinajstić information content (AvgIpc) is 3.44. The molecule has 0 saturated carbocycles. The lowest BCUT2D eigenvalue weighted by Gasteiger charge is -2.45. The number of carbonyl (C=O) groups excluding carboxylic acids is 1. The van der Waals surface area contributed by atoms with Crippen LogP contribution in [0, 0.1) is 29.4 Å². The van der Waals surface area contributed by atoms with Crippen LogP contribution in [0.4, 0.5) is 37.3 Å². The largest absolute Gasteiger partial charge is 0.444 e. The molecule has 3 aliphatic heterocycles. The second kappa shape index (κ2) is 12.3. The van der Waals surface area contributed by atoms with Gasteiger partial charge in [0.1, 0.15) is 23.3 Å². The second-order valence-corrected chi connectivity index (χ2v) is 13.1. The van der Waals surface area contributed by atoms with Gasteiger partial charge in [0.25, 0.3) is 5.91 Å². The molecular formula is C32H29F6N7O2S. The SMILES string of the molecule is CC#CC(=O)N1CCN(c2nc(OC3[C@H]4CCCN3C[C@H](F)C4)nc3c(F)c(-c4ccc(F)c5sc(N)nc45)c(C(F)(F)F)cc23)CC1. The van der Waals surface area contributed by atoms with Crippen molar-refractivity contribution in [1.29, 1.82) is 0 Å². The number of ether oxygens (including phenoxy) is 1. The number of benzene rings is 2. The Balaban J connectivity index is 1.41. The fourth-order valence-corrected chi connectivity index (χ4v) is 7.73. The molecule has 2 aromatic heterocycles. The van der Waals surface area contributed by atoms with Gasteiger partial charge >= 0.3 is 12.2 Å². The highest BCUT2D eigenvalue weighted by Gasteiger charge is 2.42. The van der Waals surface area contributed by atoms with Crippen molar-refractivity contribution in [2.75, 3.05) is 49.9 Å². The van der Waals surface area contributed by atoms with E-state index in [4.69, 9.17) is 10.5 Å². The number of carbonyl (C=O) groups is 1. The van der Waals surface area contributed by atoms with Gasteiger partial charge in [0, 0.05) is 61.7 Å². The van der Waals surface area contributed by atoms with E-state index < -0.39 is 46.9 Å².